The molecule has 0 atom stereocenters. The van der Waals surface area contributed by atoms with E-state index in [1.54, 1.807) is 0 Å². The number of hydrogen-bond acceptors (Lipinski definition) is 4. The molecule has 0 N–H and O–H groups in total. The summed E-state index contributed by atoms with van der Waals surface area (Å²) < 4.78 is 26.2. The van der Waals surface area contributed by atoms with E-state index >= 15 is 0 Å². The Bertz CT molecular complexity index is 200. The molecule has 0 bridgehead atoms. The second-order valence-corrected chi connectivity index (χ2v) is 3.94. The first kappa shape index (κ1) is 11.9. The summed E-state index contributed by atoms with van der Waals surface area (Å²) in [4.78, 5) is 0. The maximum absolute atomic E-state index is 10.8. The Morgan fingerprint density at radius 2 is 2.00 bits per heavy atom. The zero-order valence-corrected chi connectivity index (χ0v) is 6.73. The fourth-order valence-corrected chi connectivity index (χ4v) is 1.61. The van der Waals surface area contributed by atoms with Crippen molar-refractivity contribution in [2.45, 2.75) is 13.3 Å². The molecule has 0 aromatic heterocycles. The molecule has 62 valence electrons. The Labute approximate surface area is 89.3 Å². The van der Waals surface area contributed by atoms with Gasteiger partial charge >= 0.3 is 29.6 Å². The molecule has 6 heteroatoms. The van der Waals surface area contributed by atoms with E-state index in [0.29, 0.717) is 6.42 Å². The third kappa shape index (κ3) is 5.16. The molecule has 0 saturated carbocycles. The summed E-state index contributed by atoms with van der Waals surface area (Å²) in [5, 5.41) is 1.42. The average Bonchev–Trinajstić information content (AvgIpc) is 2.48. The Balaban J connectivity index is 0.000001000. The van der Waals surface area contributed by atoms with Crippen LogP contribution in [0, 0.1) is 0 Å². The van der Waals surface area contributed by atoms with Gasteiger partial charge in [0.25, 0.3) is 10.1 Å². The Hall–Kier alpha value is 0.870. The van der Waals surface area contributed by atoms with Crippen LogP contribution in [0.15, 0.2) is 0 Å². The predicted molar refractivity (Wildman–Crippen MR) is 43.9 cm³/mol. The Morgan fingerprint density at radius 3 is 2.36 bits per heavy atom. The van der Waals surface area contributed by atoms with Gasteiger partial charge in [0, 0.05) is 13.1 Å². The van der Waals surface area contributed by atoms with Crippen molar-refractivity contribution in [1.82, 2.24) is 5.06 Å². The molecule has 1 heterocycles. The summed E-state index contributed by atoms with van der Waals surface area (Å²) >= 11 is 0. The summed E-state index contributed by atoms with van der Waals surface area (Å²) in [6.07, 6.45) is 0.607. The van der Waals surface area contributed by atoms with Gasteiger partial charge in [-0.15, -0.1) is 0 Å². The van der Waals surface area contributed by atoms with Crippen LogP contribution in [0.4, 0.5) is 0 Å². The van der Waals surface area contributed by atoms with E-state index in [9.17, 15) is 8.42 Å². The van der Waals surface area contributed by atoms with Gasteiger partial charge in [0.1, 0.15) is 0 Å². The molecule has 11 heavy (non-hydrogen) atoms. The quantitative estimate of drug-likeness (QED) is 0.434. The number of rotatable bonds is 4. The molecule has 0 spiro atoms. The summed E-state index contributed by atoms with van der Waals surface area (Å²) in [5.41, 5.74) is 0. The summed E-state index contributed by atoms with van der Waals surface area (Å²) in [5.74, 6) is 0.115. The molecule has 0 aromatic carbocycles. The van der Waals surface area contributed by atoms with Crippen LogP contribution >= 0.6 is 0 Å². The van der Waals surface area contributed by atoms with Crippen molar-refractivity contribution in [3.63, 3.8) is 0 Å². The van der Waals surface area contributed by atoms with Crippen molar-refractivity contribution in [3.05, 3.63) is 0 Å². The monoisotopic (exact) mass is 189 g/mol. The standard InChI is InChI=1S/C5H11NO3S.Na.H/c1-2-5-10(7,8)9-6-3-4-6;;/h2-5H2,1H3;;. The van der Waals surface area contributed by atoms with Gasteiger partial charge in [-0.3, -0.25) is 0 Å². The van der Waals surface area contributed by atoms with Crippen LogP contribution in [0.25, 0.3) is 0 Å². The predicted octanol–water partition coefficient (Wildman–Crippen LogP) is -0.675. The van der Waals surface area contributed by atoms with Gasteiger partial charge in [0.15, 0.2) is 0 Å². The van der Waals surface area contributed by atoms with Gasteiger partial charge in [0.05, 0.1) is 5.75 Å². The van der Waals surface area contributed by atoms with Crippen molar-refractivity contribution < 1.29 is 12.7 Å². The van der Waals surface area contributed by atoms with E-state index in [1.165, 1.54) is 5.06 Å². The van der Waals surface area contributed by atoms with Gasteiger partial charge in [-0.1, -0.05) is 6.92 Å². The van der Waals surface area contributed by atoms with E-state index in [4.69, 9.17) is 0 Å². The first-order chi connectivity index (χ1) is 4.64. The summed E-state index contributed by atoms with van der Waals surface area (Å²) in [6, 6.07) is 0. The van der Waals surface area contributed by atoms with Crippen LogP contribution in [0.2, 0.25) is 0 Å². The molecular formula is C5H12NNaO3S. The van der Waals surface area contributed by atoms with Crippen LogP contribution in [0.1, 0.15) is 13.3 Å². The summed E-state index contributed by atoms with van der Waals surface area (Å²) in [7, 11) is -3.24. The zero-order valence-electron chi connectivity index (χ0n) is 5.91. The van der Waals surface area contributed by atoms with Gasteiger partial charge in [-0.2, -0.15) is 17.8 Å². The molecule has 1 rings (SSSR count). The molecule has 0 aromatic rings. The van der Waals surface area contributed by atoms with E-state index < -0.39 is 10.1 Å². The maximum atomic E-state index is 10.8. The number of hydrogen-bond donors (Lipinski definition) is 0. The topological polar surface area (TPSA) is 46.4 Å². The van der Waals surface area contributed by atoms with Crippen LogP contribution in [0.5, 0.6) is 0 Å². The molecule has 0 radical (unpaired) electrons. The Morgan fingerprint density at radius 1 is 1.45 bits per heavy atom. The normalized spacial score (nSPS) is 17.5. The van der Waals surface area contributed by atoms with Crippen LogP contribution in [-0.2, 0) is 14.4 Å². The number of nitrogens with zero attached hydrogens (tertiary/aromatic N) is 1. The third-order valence-corrected chi connectivity index (χ3v) is 2.43. The van der Waals surface area contributed by atoms with E-state index in [0.717, 1.165) is 13.1 Å². The van der Waals surface area contributed by atoms with Gasteiger partial charge in [0.2, 0.25) is 0 Å². The van der Waals surface area contributed by atoms with E-state index in [-0.39, 0.29) is 35.3 Å². The average molecular weight is 189 g/mol. The second-order valence-electron chi connectivity index (χ2n) is 2.27. The SMILES string of the molecule is CCCS(=O)(=O)ON1CC1.[NaH]. The molecule has 4 nitrogen and oxygen atoms in total. The fraction of sp³-hybridized carbons (Fsp3) is 1.00. The fourth-order valence-electron chi connectivity index (χ4n) is 0.563. The van der Waals surface area contributed by atoms with Crippen molar-refractivity contribution >= 4 is 39.7 Å². The molecule has 1 aliphatic rings. The summed E-state index contributed by atoms with van der Waals surface area (Å²) in [6.45, 7) is 3.29. The first-order valence-electron chi connectivity index (χ1n) is 3.31. The van der Waals surface area contributed by atoms with Crippen molar-refractivity contribution in [1.29, 1.82) is 0 Å². The molecule has 0 unspecified atom stereocenters. The second kappa shape index (κ2) is 4.79. The molecule has 1 aliphatic heterocycles. The van der Waals surface area contributed by atoms with E-state index in [1.807, 2.05) is 6.92 Å². The molecular weight excluding hydrogens is 177 g/mol. The number of hydroxylamine groups is 2. The zero-order chi connectivity index (χ0) is 7.61. The van der Waals surface area contributed by atoms with Crippen molar-refractivity contribution in [2.24, 2.45) is 0 Å². The van der Waals surface area contributed by atoms with Crippen LogP contribution < -0.4 is 0 Å². The molecule has 0 aliphatic carbocycles. The minimum absolute atomic E-state index is 0. The van der Waals surface area contributed by atoms with E-state index in [2.05, 4.69) is 4.28 Å². The third-order valence-electron chi connectivity index (χ3n) is 1.08. The van der Waals surface area contributed by atoms with Crippen molar-refractivity contribution in [2.75, 3.05) is 18.8 Å². The minimum atomic E-state index is -3.24. The first-order valence-corrected chi connectivity index (χ1v) is 4.89. The Kier molecular flexibility index (Phi) is 5.17. The van der Waals surface area contributed by atoms with Crippen LogP contribution in [-0.4, -0.2) is 61.9 Å². The molecule has 1 fully saturated rings. The van der Waals surface area contributed by atoms with Gasteiger partial charge < -0.3 is 0 Å². The van der Waals surface area contributed by atoms with Crippen molar-refractivity contribution in [3.8, 4) is 0 Å². The molecule has 1 saturated heterocycles. The van der Waals surface area contributed by atoms with Crippen LogP contribution in [0.3, 0.4) is 0 Å². The van der Waals surface area contributed by atoms with Gasteiger partial charge in [-0.05, 0) is 6.42 Å². The van der Waals surface area contributed by atoms with Gasteiger partial charge in [-0.25, -0.2) is 0 Å². The molecule has 0 amide bonds.